The van der Waals surface area contributed by atoms with Crippen LogP contribution in [0.5, 0.6) is 11.5 Å². The molecule has 0 aliphatic carbocycles. The zero-order chi connectivity index (χ0) is 17.5. The highest BCUT2D eigenvalue weighted by molar-refractivity contribution is 5.94. The van der Waals surface area contributed by atoms with Gasteiger partial charge in [0, 0.05) is 18.7 Å². The number of nitrogens with one attached hydrogen (secondary N) is 2. The van der Waals surface area contributed by atoms with E-state index in [1.165, 1.54) is 14.0 Å². The largest absolute Gasteiger partial charge is 0.497 e. The lowest BCUT2D eigenvalue weighted by Crippen LogP contribution is -2.15. The summed E-state index contributed by atoms with van der Waals surface area (Å²) in [5, 5.41) is 5.50. The number of benzene rings is 2. The lowest BCUT2D eigenvalue weighted by Gasteiger charge is -2.12. The van der Waals surface area contributed by atoms with Crippen LogP contribution in [0.25, 0.3) is 0 Å². The summed E-state index contributed by atoms with van der Waals surface area (Å²) in [6.07, 6.45) is 0.218. The highest BCUT2D eigenvalue weighted by Crippen LogP contribution is 2.29. The molecule has 0 aliphatic rings. The van der Waals surface area contributed by atoms with Crippen LogP contribution in [-0.4, -0.2) is 26.0 Å². The van der Waals surface area contributed by atoms with Crippen LogP contribution in [0.1, 0.15) is 12.5 Å². The van der Waals surface area contributed by atoms with Crippen LogP contribution in [-0.2, 0) is 16.0 Å². The molecule has 0 aliphatic heterocycles. The van der Waals surface area contributed by atoms with Crippen molar-refractivity contribution in [2.45, 2.75) is 13.3 Å². The predicted octanol–water partition coefficient (Wildman–Crippen LogP) is 2.84. The van der Waals surface area contributed by atoms with Crippen LogP contribution in [0.15, 0.2) is 42.5 Å². The number of hydrogen-bond donors (Lipinski definition) is 2. The number of anilines is 2. The standard InChI is InChI=1S/C18H20N2O4/c1-12(21)19-14-6-4-13(5-7-14)10-18(22)20-16-9-8-15(23-2)11-17(16)24-3/h4-9,11H,10H2,1-3H3,(H,19,21)(H,20,22). The van der Waals surface area contributed by atoms with Crippen molar-refractivity contribution >= 4 is 23.2 Å². The number of amides is 2. The maximum atomic E-state index is 12.2. The fourth-order valence-electron chi connectivity index (χ4n) is 2.19. The normalized spacial score (nSPS) is 9.96. The molecule has 2 amide bonds. The van der Waals surface area contributed by atoms with Gasteiger partial charge in [-0.1, -0.05) is 12.1 Å². The Labute approximate surface area is 140 Å². The van der Waals surface area contributed by atoms with E-state index in [9.17, 15) is 9.59 Å². The molecule has 126 valence electrons. The molecule has 0 atom stereocenters. The van der Waals surface area contributed by atoms with Crippen LogP contribution < -0.4 is 20.1 Å². The quantitative estimate of drug-likeness (QED) is 0.855. The topological polar surface area (TPSA) is 76.7 Å². The molecular weight excluding hydrogens is 308 g/mol. The Kier molecular flexibility index (Phi) is 5.78. The monoisotopic (exact) mass is 328 g/mol. The molecule has 2 N–H and O–H groups in total. The van der Waals surface area contributed by atoms with Crippen LogP contribution in [0.3, 0.4) is 0 Å². The minimum absolute atomic E-state index is 0.132. The van der Waals surface area contributed by atoms with Gasteiger partial charge in [-0.2, -0.15) is 0 Å². The van der Waals surface area contributed by atoms with Crippen molar-refractivity contribution in [1.82, 2.24) is 0 Å². The fraction of sp³-hybridized carbons (Fsp3) is 0.222. The molecule has 6 nitrogen and oxygen atoms in total. The molecule has 0 spiro atoms. The minimum Gasteiger partial charge on any atom is -0.497 e. The summed E-state index contributed by atoms with van der Waals surface area (Å²) in [5.74, 6) is 0.889. The summed E-state index contributed by atoms with van der Waals surface area (Å²) in [4.78, 5) is 23.2. The molecule has 24 heavy (non-hydrogen) atoms. The second kappa shape index (κ2) is 8.01. The second-order valence-corrected chi connectivity index (χ2v) is 5.17. The van der Waals surface area contributed by atoms with Gasteiger partial charge < -0.3 is 20.1 Å². The molecule has 0 aromatic heterocycles. The summed E-state index contributed by atoms with van der Waals surface area (Å²) >= 11 is 0. The van der Waals surface area contributed by atoms with Gasteiger partial charge in [0.15, 0.2) is 0 Å². The Hall–Kier alpha value is -3.02. The van der Waals surface area contributed by atoms with Gasteiger partial charge in [0.25, 0.3) is 0 Å². The molecule has 0 saturated carbocycles. The van der Waals surface area contributed by atoms with E-state index < -0.39 is 0 Å². The number of ether oxygens (including phenoxy) is 2. The van der Waals surface area contributed by atoms with E-state index in [1.54, 1.807) is 49.6 Å². The van der Waals surface area contributed by atoms with Gasteiger partial charge in [0.2, 0.25) is 11.8 Å². The van der Waals surface area contributed by atoms with E-state index in [-0.39, 0.29) is 18.2 Å². The first-order valence-electron chi connectivity index (χ1n) is 7.40. The van der Waals surface area contributed by atoms with Crippen LogP contribution >= 0.6 is 0 Å². The van der Waals surface area contributed by atoms with Gasteiger partial charge in [0.1, 0.15) is 11.5 Å². The molecular formula is C18H20N2O4. The third kappa shape index (κ3) is 4.74. The van der Waals surface area contributed by atoms with E-state index in [0.29, 0.717) is 22.9 Å². The Morgan fingerprint density at radius 1 is 0.958 bits per heavy atom. The molecule has 0 radical (unpaired) electrons. The molecule has 0 fully saturated rings. The second-order valence-electron chi connectivity index (χ2n) is 5.17. The highest BCUT2D eigenvalue weighted by atomic mass is 16.5. The van der Waals surface area contributed by atoms with E-state index in [1.807, 2.05) is 0 Å². The number of rotatable bonds is 6. The predicted molar refractivity (Wildman–Crippen MR) is 92.6 cm³/mol. The lowest BCUT2D eigenvalue weighted by atomic mass is 10.1. The lowest BCUT2D eigenvalue weighted by molar-refractivity contribution is -0.116. The Bertz CT molecular complexity index is 726. The fourth-order valence-corrected chi connectivity index (χ4v) is 2.19. The van der Waals surface area contributed by atoms with Crippen LogP contribution in [0.4, 0.5) is 11.4 Å². The van der Waals surface area contributed by atoms with Crippen molar-refractivity contribution in [2.75, 3.05) is 24.9 Å². The van der Waals surface area contributed by atoms with E-state index in [0.717, 1.165) is 5.56 Å². The van der Waals surface area contributed by atoms with Gasteiger partial charge in [-0.25, -0.2) is 0 Å². The van der Waals surface area contributed by atoms with Crippen molar-refractivity contribution in [2.24, 2.45) is 0 Å². The molecule has 0 unspecified atom stereocenters. The minimum atomic E-state index is -0.161. The average molecular weight is 328 g/mol. The van der Waals surface area contributed by atoms with Crippen molar-refractivity contribution in [3.8, 4) is 11.5 Å². The smallest absolute Gasteiger partial charge is 0.228 e. The summed E-state index contributed by atoms with van der Waals surface area (Å²) in [6, 6.07) is 12.3. The number of methoxy groups -OCH3 is 2. The molecule has 2 aromatic carbocycles. The van der Waals surface area contributed by atoms with Gasteiger partial charge in [0.05, 0.1) is 26.3 Å². The number of carbonyl (C=O) groups excluding carboxylic acids is 2. The molecule has 6 heteroatoms. The SMILES string of the molecule is COc1ccc(NC(=O)Cc2ccc(NC(C)=O)cc2)c(OC)c1. The first-order chi connectivity index (χ1) is 11.5. The summed E-state index contributed by atoms with van der Waals surface area (Å²) in [7, 11) is 3.10. The zero-order valence-corrected chi connectivity index (χ0v) is 13.9. The maximum absolute atomic E-state index is 12.2. The van der Waals surface area contributed by atoms with Crippen molar-refractivity contribution in [3.63, 3.8) is 0 Å². The van der Waals surface area contributed by atoms with E-state index in [4.69, 9.17) is 9.47 Å². The Morgan fingerprint density at radius 2 is 1.67 bits per heavy atom. The Morgan fingerprint density at radius 3 is 2.25 bits per heavy atom. The summed E-state index contributed by atoms with van der Waals surface area (Å²) in [6.45, 7) is 1.45. The van der Waals surface area contributed by atoms with Crippen LogP contribution in [0, 0.1) is 0 Å². The van der Waals surface area contributed by atoms with Crippen molar-refractivity contribution < 1.29 is 19.1 Å². The molecule has 2 rings (SSSR count). The first-order valence-corrected chi connectivity index (χ1v) is 7.40. The van der Waals surface area contributed by atoms with E-state index >= 15 is 0 Å². The summed E-state index contributed by atoms with van der Waals surface area (Å²) < 4.78 is 10.4. The van der Waals surface area contributed by atoms with Gasteiger partial charge in [-0.15, -0.1) is 0 Å². The first kappa shape index (κ1) is 17.3. The number of hydrogen-bond acceptors (Lipinski definition) is 4. The molecule has 0 bridgehead atoms. The van der Waals surface area contributed by atoms with Gasteiger partial charge in [-0.05, 0) is 29.8 Å². The van der Waals surface area contributed by atoms with Crippen molar-refractivity contribution in [3.05, 3.63) is 48.0 Å². The van der Waals surface area contributed by atoms with Gasteiger partial charge >= 0.3 is 0 Å². The average Bonchev–Trinajstić information content (AvgIpc) is 2.56. The summed E-state index contributed by atoms with van der Waals surface area (Å²) in [5.41, 5.74) is 2.12. The zero-order valence-electron chi connectivity index (χ0n) is 13.9. The maximum Gasteiger partial charge on any atom is 0.228 e. The van der Waals surface area contributed by atoms with E-state index in [2.05, 4.69) is 10.6 Å². The molecule has 0 heterocycles. The molecule has 0 saturated heterocycles. The molecule has 2 aromatic rings. The van der Waals surface area contributed by atoms with Crippen LogP contribution in [0.2, 0.25) is 0 Å². The Balaban J connectivity index is 2.01. The third-order valence-electron chi connectivity index (χ3n) is 3.32. The van der Waals surface area contributed by atoms with Gasteiger partial charge in [-0.3, -0.25) is 9.59 Å². The highest BCUT2D eigenvalue weighted by Gasteiger charge is 2.10. The third-order valence-corrected chi connectivity index (χ3v) is 3.32. The van der Waals surface area contributed by atoms with Crippen molar-refractivity contribution in [1.29, 1.82) is 0 Å². The number of carbonyl (C=O) groups is 2.